The summed E-state index contributed by atoms with van der Waals surface area (Å²) < 4.78 is 1.71. The lowest BCUT2D eigenvalue weighted by Gasteiger charge is -2.12. The molecule has 7 heteroatoms. The molecular weight excluding hydrogens is 376 g/mol. The van der Waals surface area contributed by atoms with Gasteiger partial charge in [0.05, 0.1) is 11.5 Å². The molecule has 0 unspecified atom stereocenters. The van der Waals surface area contributed by atoms with Crippen LogP contribution in [-0.2, 0) is 6.54 Å². The maximum atomic E-state index is 13.5. The van der Waals surface area contributed by atoms with Crippen LogP contribution in [-0.4, -0.2) is 14.5 Å². The van der Waals surface area contributed by atoms with Crippen LogP contribution in [0.15, 0.2) is 46.8 Å². The van der Waals surface area contributed by atoms with Crippen LogP contribution in [0.1, 0.15) is 17.7 Å². The molecule has 4 aromatic rings. The Morgan fingerprint density at radius 2 is 2.07 bits per heavy atom. The monoisotopic (exact) mass is 392 g/mol. The van der Waals surface area contributed by atoms with E-state index in [1.54, 1.807) is 39.6 Å². The molecule has 0 N–H and O–H groups in total. The number of nitrogens with zero attached hydrogens (tertiary/aromatic N) is 4. The van der Waals surface area contributed by atoms with Crippen molar-refractivity contribution in [3.8, 4) is 27.9 Å². The SMILES string of the molecule is Cc1sc2nc(-c3ccncc3)n(CCCC#N)c(=O)c2c1-c1cccs1. The molecule has 134 valence electrons. The summed E-state index contributed by atoms with van der Waals surface area (Å²) in [6, 6.07) is 9.89. The second kappa shape index (κ2) is 7.43. The molecule has 0 bridgehead atoms. The second-order valence-electron chi connectivity index (χ2n) is 6.08. The molecule has 4 rings (SSSR count). The molecular formula is C20H16N4OS2. The van der Waals surface area contributed by atoms with E-state index in [2.05, 4.69) is 11.1 Å². The third kappa shape index (κ3) is 3.18. The van der Waals surface area contributed by atoms with Crippen molar-refractivity contribution in [2.45, 2.75) is 26.3 Å². The van der Waals surface area contributed by atoms with Gasteiger partial charge in [0.1, 0.15) is 10.7 Å². The van der Waals surface area contributed by atoms with Gasteiger partial charge in [0, 0.05) is 46.2 Å². The number of thiophene rings is 2. The largest absolute Gasteiger partial charge is 0.292 e. The Balaban J connectivity index is 2.00. The second-order valence-corrected chi connectivity index (χ2v) is 8.23. The first kappa shape index (κ1) is 17.6. The van der Waals surface area contributed by atoms with Crippen molar-refractivity contribution in [1.29, 1.82) is 5.26 Å². The van der Waals surface area contributed by atoms with E-state index in [0.717, 1.165) is 25.7 Å². The number of aromatic nitrogens is 3. The van der Waals surface area contributed by atoms with E-state index < -0.39 is 0 Å². The van der Waals surface area contributed by atoms with Crippen molar-refractivity contribution in [1.82, 2.24) is 14.5 Å². The van der Waals surface area contributed by atoms with E-state index in [9.17, 15) is 4.79 Å². The van der Waals surface area contributed by atoms with Crippen molar-refractivity contribution in [3.63, 3.8) is 0 Å². The average molecular weight is 393 g/mol. The van der Waals surface area contributed by atoms with Crippen LogP contribution in [0.5, 0.6) is 0 Å². The van der Waals surface area contributed by atoms with E-state index in [0.29, 0.717) is 30.6 Å². The van der Waals surface area contributed by atoms with Gasteiger partial charge in [0.25, 0.3) is 5.56 Å². The standard InChI is InChI=1S/C20H16N4OS2/c1-13-16(15-5-4-12-26-15)17-19(27-13)23-18(14-6-9-22-10-7-14)24(20(17)25)11-3-2-8-21/h4-7,9-10,12H,2-3,11H2,1H3. The van der Waals surface area contributed by atoms with Crippen LogP contribution in [0.3, 0.4) is 0 Å². The minimum Gasteiger partial charge on any atom is -0.292 e. The van der Waals surface area contributed by atoms with Crippen LogP contribution in [0.2, 0.25) is 0 Å². The van der Waals surface area contributed by atoms with Crippen LogP contribution < -0.4 is 5.56 Å². The molecule has 27 heavy (non-hydrogen) atoms. The van der Waals surface area contributed by atoms with Gasteiger partial charge in [-0.15, -0.1) is 22.7 Å². The topological polar surface area (TPSA) is 71.6 Å². The van der Waals surface area contributed by atoms with Crippen LogP contribution >= 0.6 is 22.7 Å². The van der Waals surface area contributed by atoms with Crippen molar-refractivity contribution in [2.75, 3.05) is 0 Å². The van der Waals surface area contributed by atoms with Crippen molar-refractivity contribution >= 4 is 32.9 Å². The van der Waals surface area contributed by atoms with Gasteiger partial charge >= 0.3 is 0 Å². The molecule has 0 aliphatic rings. The Bertz CT molecular complexity index is 1180. The third-order valence-electron chi connectivity index (χ3n) is 4.36. The Hall–Kier alpha value is -2.82. The molecule has 0 saturated heterocycles. The first-order valence-corrected chi connectivity index (χ1v) is 10.3. The number of aryl methyl sites for hydroxylation is 1. The van der Waals surface area contributed by atoms with E-state index in [-0.39, 0.29) is 5.56 Å². The van der Waals surface area contributed by atoms with Gasteiger partial charge in [-0.05, 0) is 36.9 Å². The molecule has 0 amide bonds. The maximum Gasteiger partial charge on any atom is 0.263 e. The minimum atomic E-state index is -0.0440. The molecule has 0 atom stereocenters. The minimum absolute atomic E-state index is 0.0440. The molecule has 0 spiro atoms. The van der Waals surface area contributed by atoms with Gasteiger partial charge in [-0.25, -0.2) is 4.98 Å². The summed E-state index contributed by atoms with van der Waals surface area (Å²) in [5, 5.41) is 11.6. The van der Waals surface area contributed by atoms with Crippen molar-refractivity contribution < 1.29 is 0 Å². The average Bonchev–Trinajstić information content (AvgIpc) is 3.31. The quantitative estimate of drug-likeness (QED) is 0.455. The predicted molar refractivity (Wildman–Crippen MR) is 110 cm³/mol. The normalized spacial score (nSPS) is 11.0. The van der Waals surface area contributed by atoms with Gasteiger partial charge in [-0.3, -0.25) is 14.3 Å². The molecule has 4 aromatic heterocycles. The lowest BCUT2D eigenvalue weighted by Crippen LogP contribution is -2.23. The number of nitriles is 1. The fourth-order valence-electron chi connectivity index (χ4n) is 3.16. The zero-order chi connectivity index (χ0) is 18.8. The maximum absolute atomic E-state index is 13.5. The molecule has 0 aromatic carbocycles. The smallest absolute Gasteiger partial charge is 0.263 e. The number of unbranched alkanes of at least 4 members (excludes halogenated alkanes) is 1. The predicted octanol–water partition coefficient (Wildman–Crippen LogP) is 4.86. The lowest BCUT2D eigenvalue weighted by atomic mass is 10.1. The highest BCUT2D eigenvalue weighted by Crippen LogP contribution is 2.38. The molecule has 4 heterocycles. The summed E-state index contributed by atoms with van der Waals surface area (Å²) in [5.74, 6) is 0.631. The van der Waals surface area contributed by atoms with E-state index >= 15 is 0 Å². The number of fused-ring (bicyclic) bond motifs is 1. The molecule has 0 saturated carbocycles. The van der Waals surface area contributed by atoms with E-state index in [1.807, 2.05) is 36.6 Å². The molecule has 0 fully saturated rings. The fourth-order valence-corrected chi connectivity index (χ4v) is 5.08. The van der Waals surface area contributed by atoms with Gasteiger partial charge in [0.15, 0.2) is 0 Å². The van der Waals surface area contributed by atoms with E-state index in [4.69, 9.17) is 10.2 Å². The molecule has 5 nitrogen and oxygen atoms in total. The number of rotatable bonds is 5. The lowest BCUT2D eigenvalue weighted by molar-refractivity contribution is 0.634. The summed E-state index contributed by atoms with van der Waals surface area (Å²) in [5.41, 5.74) is 1.79. The Labute approximate surface area is 164 Å². The first-order chi connectivity index (χ1) is 13.2. The number of pyridine rings is 1. The molecule has 0 aliphatic heterocycles. The zero-order valence-electron chi connectivity index (χ0n) is 14.7. The summed E-state index contributed by atoms with van der Waals surface area (Å²) in [6.07, 6.45) is 4.41. The van der Waals surface area contributed by atoms with Gasteiger partial charge in [-0.2, -0.15) is 5.26 Å². The van der Waals surface area contributed by atoms with Crippen LogP contribution in [0.4, 0.5) is 0 Å². The highest BCUT2D eigenvalue weighted by atomic mass is 32.1. The zero-order valence-corrected chi connectivity index (χ0v) is 16.3. The van der Waals surface area contributed by atoms with Gasteiger partial charge in [0.2, 0.25) is 0 Å². The first-order valence-electron chi connectivity index (χ1n) is 8.56. The summed E-state index contributed by atoms with van der Waals surface area (Å²) in [4.78, 5) is 25.3. The summed E-state index contributed by atoms with van der Waals surface area (Å²) in [7, 11) is 0. The van der Waals surface area contributed by atoms with Crippen LogP contribution in [0.25, 0.3) is 32.0 Å². The Morgan fingerprint density at radius 3 is 2.78 bits per heavy atom. The Kier molecular flexibility index (Phi) is 4.84. The summed E-state index contributed by atoms with van der Waals surface area (Å²) in [6.45, 7) is 2.50. The van der Waals surface area contributed by atoms with Crippen molar-refractivity contribution in [3.05, 3.63) is 57.3 Å². The number of hydrogen-bond donors (Lipinski definition) is 0. The van der Waals surface area contributed by atoms with E-state index in [1.165, 1.54) is 0 Å². The Morgan fingerprint density at radius 1 is 1.26 bits per heavy atom. The highest BCUT2D eigenvalue weighted by molar-refractivity contribution is 7.20. The molecule has 0 radical (unpaired) electrons. The van der Waals surface area contributed by atoms with Gasteiger partial charge in [-0.1, -0.05) is 6.07 Å². The fraction of sp³-hybridized carbons (Fsp3) is 0.200. The molecule has 0 aliphatic carbocycles. The summed E-state index contributed by atoms with van der Waals surface area (Å²) >= 11 is 3.18. The van der Waals surface area contributed by atoms with Gasteiger partial charge < -0.3 is 0 Å². The highest BCUT2D eigenvalue weighted by Gasteiger charge is 2.20. The number of hydrogen-bond acceptors (Lipinski definition) is 6. The third-order valence-corrected chi connectivity index (χ3v) is 6.25. The van der Waals surface area contributed by atoms with Crippen molar-refractivity contribution in [2.24, 2.45) is 0 Å². The van der Waals surface area contributed by atoms with Crippen LogP contribution in [0, 0.1) is 18.3 Å².